The number of hydrogen-bond donors (Lipinski definition) is 0. The molecule has 0 saturated carbocycles. The second kappa shape index (κ2) is 3.65. The highest BCUT2D eigenvalue weighted by Crippen LogP contribution is 2.32. The van der Waals surface area contributed by atoms with Crippen LogP contribution in [0.15, 0.2) is 30.8 Å². The first kappa shape index (κ1) is 10.5. The quantitative estimate of drug-likeness (QED) is 0.670. The summed E-state index contributed by atoms with van der Waals surface area (Å²) < 4.78 is 36.5. The van der Waals surface area contributed by atoms with Gasteiger partial charge in [0.2, 0.25) is 0 Å². The Morgan fingerprint density at radius 2 is 2.00 bits per heavy atom. The van der Waals surface area contributed by atoms with Crippen molar-refractivity contribution >= 4 is 11.9 Å². The summed E-state index contributed by atoms with van der Waals surface area (Å²) in [4.78, 5) is 10.3. The van der Waals surface area contributed by atoms with Crippen LogP contribution in [0.25, 0.3) is 5.57 Å². The van der Waals surface area contributed by atoms with Crippen molar-refractivity contribution in [2.24, 2.45) is 0 Å². The van der Waals surface area contributed by atoms with Gasteiger partial charge in [0, 0.05) is 5.56 Å². The van der Waals surface area contributed by atoms with Gasteiger partial charge in [-0.1, -0.05) is 24.8 Å². The number of halogens is 3. The van der Waals surface area contributed by atoms with Gasteiger partial charge in [-0.3, -0.25) is 4.79 Å². The topological polar surface area (TPSA) is 17.1 Å². The summed E-state index contributed by atoms with van der Waals surface area (Å²) in [6.45, 7) is 2.93. The van der Waals surface area contributed by atoms with Crippen LogP contribution in [0.4, 0.5) is 13.2 Å². The van der Waals surface area contributed by atoms with Crippen molar-refractivity contribution in [1.29, 1.82) is 0 Å². The lowest BCUT2D eigenvalue weighted by molar-refractivity contribution is -0.0686. The van der Waals surface area contributed by atoms with Crippen molar-refractivity contribution < 1.29 is 18.0 Å². The molecule has 4 heteroatoms. The standard InChI is InChI=1S/C10H7F3O/c1-7(10(11,12)13)9-4-2-3-8(5-9)6-14/h2-6H,1H2. The summed E-state index contributed by atoms with van der Waals surface area (Å²) in [7, 11) is 0. The molecule has 0 aliphatic rings. The number of allylic oxidation sites excluding steroid dienone is 1. The van der Waals surface area contributed by atoms with E-state index in [0.717, 1.165) is 6.07 Å². The van der Waals surface area contributed by atoms with Gasteiger partial charge in [0.05, 0.1) is 5.57 Å². The van der Waals surface area contributed by atoms with E-state index in [1.165, 1.54) is 18.2 Å². The van der Waals surface area contributed by atoms with Gasteiger partial charge in [-0.05, 0) is 11.6 Å². The van der Waals surface area contributed by atoms with Crippen molar-refractivity contribution in [2.45, 2.75) is 6.18 Å². The Hall–Kier alpha value is -1.58. The van der Waals surface area contributed by atoms with E-state index in [1.807, 2.05) is 0 Å². The molecule has 0 spiro atoms. The molecular formula is C10H7F3O. The number of rotatable bonds is 2. The predicted octanol–water partition coefficient (Wildman–Crippen LogP) is 3.07. The van der Waals surface area contributed by atoms with Gasteiger partial charge in [-0.25, -0.2) is 0 Å². The minimum Gasteiger partial charge on any atom is -0.298 e. The van der Waals surface area contributed by atoms with E-state index in [-0.39, 0.29) is 11.1 Å². The van der Waals surface area contributed by atoms with Gasteiger partial charge in [-0.2, -0.15) is 13.2 Å². The van der Waals surface area contributed by atoms with E-state index in [2.05, 4.69) is 6.58 Å². The van der Waals surface area contributed by atoms with E-state index in [1.54, 1.807) is 0 Å². The van der Waals surface area contributed by atoms with Gasteiger partial charge < -0.3 is 0 Å². The second-order valence-electron chi connectivity index (χ2n) is 2.72. The Bertz CT molecular complexity index is 366. The molecule has 0 saturated heterocycles. The van der Waals surface area contributed by atoms with Crippen molar-refractivity contribution in [3.05, 3.63) is 42.0 Å². The molecule has 0 N–H and O–H groups in total. The summed E-state index contributed by atoms with van der Waals surface area (Å²) >= 11 is 0. The Labute approximate surface area is 78.9 Å². The lowest BCUT2D eigenvalue weighted by atomic mass is 10.0. The van der Waals surface area contributed by atoms with Crippen molar-refractivity contribution in [2.75, 3.05) is 0 Å². The Morgan fingerprint density at radius 3 is 2.50 bits per heavy atom. The maximum absolute atomic E-state index is 12.2. The summed E-state index contributed by atoms with van der Waals surface area (Å²) in [5, 5.41) is 0. The van der Waals surface area contributed by atoms with E-state index in [4.69, 9.17) is 0 Å². The molecule has 0 bridgehead atoms. The third-order valence-corrected chi connectivity index (χ3v) is 1.71. The van der Waals surface area contributed by atoms with Crippen LogP contribution >= 0.6 is 0 Å². The van der Waals surface area contributed by atoms with Crippen LogP contribution in [0, 0.1) is 0 Å². The maximum atomic E-state index is 12.2. The lowest BCUT2D eigenvalue weighted by Gasteiger charge is -2.09. The number of alkyl halides is 3. The molecule has 74 valence electrons. The zero-order valence-corrected chi connectivity index (χ0v) is 7.14. The van der Waals surface area contributed by atoms with Gasteiger partial charge in [-0.15, -0.1) is 0 Å². The van der Waals surface area contributed by atoms with Crippen molar-refractivity contribution in [1.82, 2.24) is 0 Å². The molecule has 0 radical (unpaired) electrons. The molecule has 0 aromatic heterocycles. The highest BCUT2D eigenvalue weighted by atomic mass is 19.4. The third-order valence-electron chi connectivity index (χ3n) is 1.71. The fourth-order valence-electron chi connectivity index (χ4n) is 0.963. The number of aldehydes is 1. The molecule has 0 amide bonds. The molecule has 1 aromatic rings. The van der Waals surface area contributed by atoms with Gasteiger partial charge in [0.1, 0.15) is 6.29 Å². The molecule has 14 heavy (non-hydrogen) atoms. The molecule has 0 heterocycles. The van der Waals surface area contributed by atoms with Crippen LogP contribution in [-0.2, 0) is 0 Å². The van der Waals surface area contributed by atoms with Crippen LogP contribution in [-0.4, -0.2) is 12.5 Å². The molecule has 0 atom stereocenters. The fraction of sp³-hybridized carbons (Fsp3) is 0.100. The highest BCUT2D eigenvalue weighted by Gasteiger charge is 2.32. The first-order valence-electron chi connectivity index (χ1n) is 3.77. The zero-order valence-electron chi connectivity index (χ0n) is 7.14. The minimum absolute atomic E-state index is 0.0814. The van der Waals surface area contributed by atoms with Gasteiger partial charge in [0.25, 0.3) is 0 Å². The summed E-state index contributed by atoms with van der Waals surface area (Å²) in [5.41, 5.74) is -0.823. The van der Waals surface area contributed by atoms with Crippen LogP contribution < -0.4 is 0 Å². The summed E-state index contributed by atoms with van der Waals surface area (Å²) in [5.74, 6) is 0. The summed E-state index contributed by atoms with van der Waals surface area (Å²) in [6, 6.07) is 5.24. The number of hydrogen-bond acceptors (Lipinski definition) is 1. The van der Waals surface area contributed by atoms with E-state index >= 15 is 0 Å². The smallest absolute Gasteiger partial charge is 0.298 e. The lowest BCUT2D eigenvalue weighted by Crippen LogP contribution is -2.09. The van der Waals surface area contributed by atoms with Crippen molar-refractivity contribution in [3.63, 3.8) is 0 Å². The Balaban J connectivity index is 3.08. The molecule has 0 aliphatic carbocycles. The number of benzene rings is 1. The highest BCUT2D eigenvalue weighted by molar-refractivity contribution is 5.78. The molecule has 1 rings (SSSR count). The SMILES string of the molecule is C=C(c1cccc(C=O)c1)C(F)(F)F. The van der Waals surface area contributed by atoms with E-state index in [0.29, 0.717) is 6.29 Å². The minimum atomic E-state index is -4.46. The van der Waals surface area contributed by atoms with E-state index in [9.17, 15) is 18.0 Å². The Kier molecular flexibility index (Phi) is 2.74. The van der Waals surface area contributed by atoms with Gasteiger partial charge in [0.15, 0.2) is 0 Å². The van der Waals surface area contributed by atoms with Crippen LogP contribution in [0.5, 0.6) is 0 Å². The summed E-state index contributed by atoms with van der Waals surface area (Å²) in [6.07, 6.45) is -3.96. The molecule has 1 nitrogen and oxygen atoms in total. The maximum Gasteiger partial charge on any atom is 0.416 e. The van der Waals surface area contributed by atoms with Crippen LogP contribution in [0.3, 0.4) is 0 Å². The molecule has 1 aromatic carbocycles. The molecule has 0 unspecified atom stereocenters. The number of carbonyl (C=O) groups excluding carboxylic acids is 1. The largest absolute Gasteiger partial charge is 0.416 e. The third kappa shape index (κ3) is 2.22. The van der Waals surface area contributed by atoms with Crippen molar-refractivity contribution in [3.8, 4) is 0 Å². The van der Waals surface area contributed by atoms with Gasteiger partial charge >= 0.3 is 6.18 Å². The fourth-order valence-corrected chi connectivity index (χ4v) is 0.963. The van der Waals surface area contributed by atoms with Crippen LogP contribution in [0.2, 0.25) is 0 Å². The van der Waals surface area contributed by atoms with E-state index < -0.39 is 11.7 Å². The average molecular weight is 200 g/mol. The average Bonchev–Trinajstić information content (AvgIpc) is 2.15. The first-order valence-corrected chi connectivity index (χ1v) is 3.77. The molecule has 0 aliphatic heterocycles. The normalized spacial score (nSPS) is 11.1. The predicted molar refractivity (Wildman–Crippen MR) is 46.9 cm³/mol. The molecule has 0 fully saturated rings. The monoisotopic (exact) mass is 200 g/mol. The Morgan fingerprint density at radius 1 is 1.36 bits per heavy atom. The second-order valence-corrected chi connectivity index (χ2v) is 2.72. The molecular weight excluding hydrogens is 193 g/mol. The first-order chi connectivity index (χ1) is 6.45. The number of carbonyl (C=O) groups is 1. The zero-order chi connectivity index (χ0) is 10.8. The van der Waals surface area contributed by atoms with Crippen LogP contribution in [0.1, 0.15) is 15.9 Å².